The first-order valence-corrected chi connectivity index (χ1v) is 11.5. The molecule has 148 valence electrons. The molecule has 4 aromatic rings. The predicted octanol–water partition coefficient (Wildman–Crippen LogP) is 4.93. The number of carbonyl (C=O) groups is 2. The summed E-state index contributed by atoms with van der Waals surface area (Å²) in [6.45, 7) is 3.56. The Bertz CT molecular complexity index is 1180. The van der Waals surface area contributed by atoms with Crippen LogP contribution in [0.2, 0.25) is 0 Å². The number of furan rings is 1. The van der Waals surface area contributed by atoms with Gasteiger partial charge in [0.05, 0.1) is 17.7 Å². The fourth-order valence-corrected chi connectivity index (χ4v) is 5.60. The smallest absolute Gasteiger partial charge is 0.217 e. The van der Waals surface area contributed by atoms with Gasteiger partial charge in [-0.1, -0.05) is 17.8 Å². The second kappa shape index (κ2) is 8.48. The fraction of sp³-hybridized carbons (Fsp3) is 0.200. The normalized spacial score (nSPS) is 11.1. The predicted molar refractivity (Wildman–Crippen MR) is 117 cm³/mol. The van der Waals surface area contributed by atoms with Crippen molar-refractivity contribution in [3.8, 4) is 10.4 Å². The van der Waals surface area contributed by atoms with Crippen molar-refractivity contribution in [2.45, 2.75) is 25.4 Å². The van der Waals surface area contributed by atoms with E-state index >= 15 is 0 Å². The minimum atomic E-state index is -0.148. The van der Waals surface area contributed by atoms with E-state index in [0.717, 1.165) is 25.7 Å². The van der Waals surface area contributed by atoms with E-state index in [1.807, 2.05) is 18.4 Å². The van der Waals surface area contributed by atoms with Crippen molar-refractivity contribution in [3.05, 3.63) is 52.4 Å². The molecule has 29 heavy (non-hydrogen) atoms. The topological polar surface area (TPSA) is 85.1 Å². The standard InChI is InChI=1S/C20H17N3O3S3/c1-11-22-19-18(14(9-28-19)17-4-3-7-27-17)20(23-11)29-10-15(25)16-6-5-13(26-16)8-21-12(2)24/h3-7,9H,8,10H2,1-2H3,(H,21,24). The highest BCUT2D eigenvalue weighted by molar-refractivity contribution is 8.00. The van der Waals surface area contributed by atoms with E-state index in [9.17, 15) is 9.59 Å². The Morgan fingerprint density at radius 1 is 1.21 bits per heavy atom. The lowest BCUT2D eigenvalue weighted by Crippen LogP contribution is -2.18. The zero-order chi connectivity index (χ0) is 20.4. The molecule has 1 amide bonds. The van der Waals surface area contributed by atoms with Crippen molar-refractivity contribution in [2.24, 2.45) is 0 Å². The molecule has 0 saturated heterocycles. The van der Waals surface area contributed by atoms with Gasteiger partial charge in [0, 0.05) is 22.7 Å². The Morgan fingerprint density at radius 2 is 2.07 bits per heavy atom. The maximum atomic E-state index is 12.6. The maximum Gasteiger partial charge on any atom is 0.217 e. The molecule has 1 N–H and O–H groups in total. The quantitative estimate of drug-likeness (QED) is 0.248. The molecule has 0 radical (unpaired) electrons. The van der Waals surface area contributed by atoms with Crippen LogP contribution in [-0.2, 0) is 11.3 Å². The van der Waals surface area contributed by atoms with Gasteiger partial charge in [0.2, 0.25) is 11.7 Å². The van der Waals surface area contributed by atoms with Crippen molar-refractivity contribution < 1.29 is 14.0 Å². The molecule has 0 atom stereocenters. The Labute approximate surface area is 179 Å². The minimum Gasteiger partial charge on any atom is -0.456 e. The molecule has 9 heteroatoms. The van der Waals surface area contributed by atoms with Crippen molar-refractivity contribution in [1.82, 2.24) is 15.3 Å². The number of nitrogens with zero attached hydrogens (tertiary/aromatic N) is 2. The monoisotopic (exact) mass is 443 g/mol. The van der Waals surface area contributed by atoms with Gasteiger partial charge in [-0.15, -0.1) is 22.7 Å². The minimum absolute atomic E-state index is 0.124. The fourth-order valence-electron chi connectivity index (χ4n) is 2.77. The number of aryl methyl sites for hydroxylation is 1. The highest BCUT2D eigenvalue weighted by Crippen LogP contribution is 2.40. The van der Waals surface area contributed by atoms with Gasteiger partial charge in [-0.2, -0.15) is 0 Å². The average molecular weight is 444 g/mol. The number of thiophene rings is 2. The molecule has 0 bridgehead atoms. The summed E-state index contributed by atoms with van der Waals surface area (Å²) in [5, 5.41) is 8.58. The first-order chi connectivity index (χ1) is 14.0. The van der Waals surface area contributed by atoms with Crippen molar-refractivity contribution >= 4 is 56.3 Å². The van der Waals surface area contributed by atoms with Crippen LogP contribution in [0.25, 0.3) is 20.7 Å². The number of Topliss-reactive ketones (excluding diaryl/α,β-unsaturated/α-hetero) is 1. The van der Waals surface area contributed by atoms with E-state index in [1.165, 1.54) is 18.7 Å². The third kappa shape index (κ3) is 4.42. The van der Waals surface area contributed by atoms with Gasteiger partial charge < -0.3 is 9.73 Å². The van der Waals surface area contributed by atoms with Gasteiger partial charge in [-0.3, -0.25) is 9.59 Å². The van der Waals surface area contributed by atoms with E-state index in [-0.39, 0.29) is 29.7 Å². The lowest BCUT2D eigenvalue weighted by atomic mass is 10.2. The highest BCUT2D eigenvalue weighted by atomic mass is 32.2. The van der Waals surface area contributed by atoms with Crippen LogP contribution in [0, 0.1) is 6.92 Å². The number of thioether (sulfide) groups is 1. The van der Waals surface area contributed by atoms with Crippen LogP contribution in [0.5, 0.6) is 0 Å². The van der Waals surface area contributed by atoms with E-state index in [1.54, 1.807) is 34.8 Å². The number of rotatable bonds is 7. The van der Waals surface area contributed by atoms with E-state index in [2.05, 4.69) is 26.7 Å². The van der Waals surface area contributed by atoms with Gasteiger partial charge in [0.1, 0.15) is 21.4 Å². The van der Waals surface area contributed by atoms with E-state index in [0.29, 0.717) is 11.6 Å². The molecule has 0 fully saturated rings. The molecule has 0 aromatic carbocycles. The molecular formula is C20H17N3O3S3. The Morgan fingerprint density at radius 3 is 2.83 bits per heavy atom. The first kappa shape index (κ1) is 19.8. The summed E-state index contributed by atoms with van der Waals surface area (Å²) in [6, 6.07) is 7.44. The molecule has 0 spiro atoms. The van der Waals surface area contributed by atoms with Crippen LogP contribution in [0.1, 0.15) is 29.1 Å². The lowest BCUT2D eigenvalue weighted by Gasteiger charge is -2.05. The molecule has 6 nitrogen and oxygen atoms in total. The second-order valence-electron chi connectivity index (χ2n) is 6.27. The number of ketones is 1. The van der Waals surface area contributed by atoms with Crippen LogP contribution in [0.15, 0.2) is 44.5 Å². The summed E-state index contributed by atoms with van der Waals surface area (Å²) in [6.07, 6.45) is 0. The molecule has 0 aliphatic rings. The van der Waals surface area contributed by atoms with Crippen LogP contribution in [0.3, 0.4) is 0 Å². The molecule has 0 aliphatic heterocycles. The van der Waals surface area contributed by atoms with E-state index in [4.69, 9.17) is 4.42 Å². The average Bonchev–Trinajstić information content (AvgIpc) is 3.43. The highest BCUT2D eigenvalue weighted by Gasteiger charge is 2.18. The molecule has 0 saturated carbocycles. The summed E-state index contributed by atoms with van der Waals surface area (Å²) in [4.78, 5) is 34.8. The number of fused-ring (bicyclic) bond motifs is 1. The summed E-state index contributed by atoms with van der Waals surface area (Å²) >= 11 is 4.65. The van der Waals surface area contributed by atoms with Crippen LogP contribution in [0.4, 0.5) is 0 Å². The van der Waals surface area contributed by atoms with Gasteiger partial charge >= 0.3 is 0 Å². The van der Waals surface area contributed by atoms with Crippen molar-refractivity contribution in [2.75, 3.05) is 5.75 Å². The zero-order valence-corrected chi connectivity index (χ0v) is 18.2. The molecule has 4 rings (SSSR count). The van der Waals surface area contributed by atoms with Crippen molar-refractivity contribution in [1.29, 1.82) is 0 Å². The van der Waals surface area contributed by atoms with E-state index < -0.39 is 0 Å². The maximum absolute atomic E-state index is 12.6. The largest absolute Gasteiger partial charge is 0.456 e. The molecule has 4 aromatic heterocycles. The van der Waals surface area contributed by atoms with Crippen LogP contribution < -0.4 is 5.32 Å². The Kier molecular flexibility index (Phi) is 5.79. The molecular weight excluding hydrogens is 426 g/mol. The summed E-state index contributed by atoms with van der Waals surface area (Å²) in [7, 11) is 0. The van der Waals surface area contributed by atoms with Gasteiger partial charge in [0.25, 0.3) is 0 Å². The van der Waals surface area contributed by atoms with Gasteiger partial charge in [-0.05, 0) is 30.5 Å². The number of nitrogens with one attached hydrogen (secondary N) is 1. The summed E-state index contributed by atoms with van der Waals surface area (Å²) < 4.78 is 5.56. The number of hydrogen-bond donors (Lipinski definition) is 1. The SMILES string of the molecule is CC(=O)NCc1ccc(C(=O)CSc2nc(C)nc3scc(-c4cccs4)c23)o1. The van der Waals surface area contributed by atoms with Gasteiger partial charge in [-0.25, -0.2) is 9.97 Å². The number of hydrogen-bond acceptors (Lipinski definition) is 8. The number of aromatic nitrogens is 2. The Hall–Kier alpha value is -2.49. The summed E-state index contributed by atoms with van der Waals surface area (Å²) in [5.74, 6) is 1.45. The first-order valence-electron chi connectivity index (χ1n) is 8.80. The molecule has 4 heterocycles. The van der Waals surface area contributed by atoms with Gasteiger partial charge in [0.15, 0.2) is 5.76 Å². The van der Waals surface area contributed by atoms with Crippen molar-refractivity contribution in [3.63, 3.8) is 0 Å². The van der Waals surface area contributed by atoms with Crippen LogP contribution in [-0.4, -0.2) is 27.4 Å². The number of carbonyl (C=O) groups excluding carboxylic acids is 2. The zero-order valence-electron chi connectivity index (χ0n) is 15.7. The second-order valence-corrected chi connectivity index (χ2v) is 9.04. The number of amides is 1. The Balaban J connectivity index is 1.54. The third-order valence-electron chi connectivity index (χ3n) is 4.09. The summed E-state index contributed by atoms with van der Waals surface area (Å²) in [5.41, 5.74) is 1.10. The molecule has 0 unspecified atom stereocenters. The van der Waals surface area contributed by atoms with Crippen LogP contribution >= 0.6 is 34.4 Å². The lowest BCUT2D eigenvalue weighted by molar-refractivity contribution is -0.119. The third-order valence-corrected chi connectivity index (χ3v) is 6.84. The molecule has 0 aliphatic carbocycles.